The monoisotopic (exact) mass is 643 g/mol. The third kappa shape index (κ3) is 3.84. The van der Waals surface area contributed by atoms with Crippen LogP contribution in [0.2, 0.25) is 0 Å². The van der Waals surface area contributed by atoms with Gasteiger partial charge in [-0.1, -0.05) is 159 Å². The molecule has 7 aromatic rings. The van der Waals surface area contributed by atoms with Gasteiger partial charge in [0.25, 0.3) is 0 Å². The maximum absolute atomic E-state index is 2.72. The van der Waals surface area contributed by atoms with Crippen molar-refractivity contribution in [3.05, 3.63) is 192 Å². The SMILES string of the molecule is CC12CCCCC1(C)N(c1cccc3ccccc13)c1ccc(-c3ccc4c(c3)-c3ccccc3C4(c3ccccc3)c3ccccc3)cc12. The molecule has 1 heterocycles. The quantitative estimate of drug-likeness (QED) is 0.184. The van der Waals surface area contributed by atoms with Gasteiger partial charge in [0.05, 0.1) is 11.0 Å². The molecule has 7 aromatic carbocycles. The zero-order chi connectivity index (χ0) is 33.5. The van der Waals surface area contributed by atoms with E-state index in [9.17, 15) is 0 Å². The second-order valence-electron chi connectivity index (χ2n) is 15.2. The maximum Gasteiger partial charge on any atom is 0.0713 e. The van der Waals surface area contributed by atoms with Gasteiger partial charge in [0, 0.05) is 22.2 Å². The topological polar surface area (TPSA) is 3.24 Å². The van der Waals surface area contributed by atoms with E-state index in [-0.39, 0.29) is 16.4 Å². The summed E-state index contributed by atoms with van der Waals surface area (Å²) in [6, 6.07) is 61.6. The van der Waals surface area contributed by atoms with Crippen molar-refractivity contribution >= 4 is 22.1 Å². The standard InChI is InChI=1S/C49H41N/c1-47-30-13-14-31-48(47,2)50(45-25-15-17-34-16-9-10-22-39(34)45)46-29-27-36(33-44(46)47)35-26-28-43-41(32-35)40-23-11-12-24-42(40)49(43,37-18-5-3-6-19-37)38-20-7-4-8-21-38/h3-12,15-29,32-33H,13-14,30-31H2,1-2H3. The average Bonchev–Trinajstić information content (AvgIpc) is 3.58. The van der Waals surface area contributed by atoms with Crippen LogP contribution in [0.25, 0.3) is 33.0 Å². The van der Waals surface area contributed by atoms with Crippen LogP contribution >= 0.6 is 0 Å². The van der Waals surface area contributed by atoms with Crippen LogP contribution in [0.4, 0.5) is 11.4 Å². The lowest BCUT2D eigenvalue weighted by molar-refractivity contribution is 0.195. The third-order valence-electron chi connectivity index (χ3n) is 12.9. The van der Waals surface area contributed by atoms with Gasteiger partial charge < -0.3 is 4.90 Å². The summed E-state index contributed by atoms with van der Waals surface area (Å²) in [4.78, 5) is 2.72. The van der Waals surface area contributed by atoms with E-state index >= 15 is 0 Å². The van der Waals surface area contributed by atoms with Crippen LogP contribution in [0.15, 0.2) is 164 Å². The van der Waals surface area contributed by atoms with Crippen LogP contribution in [-0.4, -0.2) is 5.54 Å². The lowest BCUT2D eigenvalue weighted by atomic mass is 9.61. The van der Waals surface area contributed by atoms with E-state index in [1.807, 2.05) is 0 Å². The summed E-state index contributed by atoms with van der Waals surface area (Å²) in [5.41, 5.74) is 14.4. The molecule has 0 radical (unpaired) electrons. The molecule has 0 aromatic heterocycles. The molecular weight excluding hydrogens is 603 g/mol. The number of anilines is 2. The fourth-order valence-electron chi connectivity index (χ4n) is 10.3. The summed E-state index contributed by atoms with van der Waals surface area (Å²) in [5, 5.41) is 2.63. The van der Waals surface area contributed by atoms with Gasteiger partial charge in [-0.3, -0.25) is 0 Å². The Morgan fingerprint density at radius 2 is 1.08 bits per heavy atom. The van der Waals surface area contributed by atoms with Gasteiger partial charge in [-0.2, -0.15) is 0 Å². The molecule has 1 saturated carbocycles. The Kier molecular flexibility index (Phi) is 6.37. The van der Waals surface area contributed by atoms with Crippen molar-refractivity contribution in [3.63, 3.8) is 0 Å². The lowest BCUT2D eigenvalue weighted by Gasteiger charge is -2.50. The number of nitrogens with zero attached hydrogens (tertiary/aromatic N) is 1. The molecule has 0 N–H and O–H groups in total. The Labute approximate surface area is 295 Å². The summed E-state index contributed by atoms with van der Waals surface area (Å²) < 4.78 is 0. The van der Waals surface area contributed by atoms with Gasteiger partial charge in [-0.25, -0.2) is 0 Å². The predicted molar refractivity (Wildman–Crippen MR) is 209 cm³/mol. The Morgan fingerprint density at radius 1 is 0.460 bits per heavy atom. The molecule has 0 saturated heterocycles. The van der Waals surface area contributed by atoms with E-state index in [4.69, 9.17) is 0 Å². The van der Waals surface area contributed by atoms with E-state index in [1.54, 1.807) is 0 Å². The summed E-state index contributed by atoms with van der Waals surface area (Å²) >= 11 is 0. The van der Waals surface area contributed by atoms with Crippen LogP contribution in [0.1, 0.15) is 67.3 Å². The fourth-order valence-corrected chi connectivity index (χ4v) is 10.3. The highest BCUT2D eigenvalue weighted by molar-refractivity contribution is 5.98. The van der Waals surface area contributed by atoms with Crippen molar-refractivity contribution in [3.8, 4) is 22.3 Å². The Bertz CT molecular complexity index is 2380. The van der Waals surface area contributed by atoms with Gasteiger partial charge in [0.1, 0.15) is 0 Å². The largest absolute Gasteiger partial charge is 0.334 e. The highest BCUT2D eigenvalue weighted by atomic mass is 15.3. The van der Waals surface area contributed by atoms with Crippen LogP contribution in [0.3, 0.4) is 0 Å². The number of benzene rings is 7. The number of fused-ring (bicyclic) bond motifs is 7. The Balaban J connectivity index is 1.17. The normalized spacial score (nSPS) is 21.4. The lowest BCUT2D eigenvalue weighted by Crippen LogP contribution is -2.54. The number of hydrogen-bond donors (Lipinski definition) is 0. The minimum absolute atomic E-state index is 0.00181. The van der Waals surface area contributed by atoms with Gasteiger partial charge in [-0.05, 0) is 99.5 Å². The van der Waals surface area contributed by atoms with Crippen molar-refractivity contribution in [2.45, 2.75) is 55.9 Å². The fraction of sp³-hybridized carbons (Fsp3) is 0.184. The van der Waals surface area contributed by atoms with Crippen LogP contribution in [0, 0.1) is 0 Å². The van der Waals surface area contributed by atoms with Crippen LogP contribution < -0.4 is 4.90 Å². The molecule has 50 heavy (non-hydrogen) atoms. The predicted octanol–water partition coefficient (Wildman–Crippen LogP) is 12.6. The molecule has 0 bridgehead atoms. The van der Waals surface area contributed by atoms with Crippen molar-refractivity contribution < 1.29 is 0 Å². The van der Waals surface area contributed by atoms with Crippen molar-refractivity contribution in [2.24, 2.45) is 0 Å². The van der Waals surface area contributed by atoms with E-state index in [0.29, 0.717) is 0 Å². The zero-order valence-electron chi connectivity index (χ0n) is 28.9. The molecule has 10 rings (SSSR count). The molecule has 0 amide bonds. The minimum Gasteiger partial charge on any atom is -0.334 e. The number of rotatable bonds is 4. The van der Waals surface area contributed by atoms with Crippen molar-refractivity contribution in [1.82, 2.24) is 0 Å². The van der Waals surface area contributed by atoms with Gasteiger partial charge >= 0.3 is 0 Å². The number of hydrogen-bond acceptors (Lipinski definition) is 1. The molecular formula is C49H41N. The van der Waals surface area contributed by atoms with E-state index < -0.39 is 0 Å². The van der Waals surface area contributed by atoms with E-state index in [1.165, 1.54) is 97.9 Å². The molecule has 1 aliphatic heterocycles. The van der Waals surface area contributed by atoms with Gasteiger partial charge in [0.15, 0.2) is 0 Å². The highest BCUT2D eigenvalue weighted by Crippen LogP contribution is 2.62. The summed E-state index contributed by atoms with van der Waals surface area (Å²) in [5.74, 6) is 0. The molecule has 3 aliphatic rings. The smallest absolute Gasteiger partial charge is 0.0713 e. The van der Waals surface area contributed by atoms with Crippen molar-refractivity contribution in [1.29, 1.82) is 0 Å². The zero-order valence-corrected chi connectivity index (χ0v) is 28.9. The molecule has 2 unspecified atom stereocenters. The van der Waals surface area contributed by atoms with Gasteiger partial charge in [-0.15, -0.1) is 0 Å². The van der Waals surface area contributed by atoms with Crippen LogP contribution in [0.5, 0.6) is 0 Å². The Hall–Kier alpha value is -5.40. The highest BCUT2D eigenvalue weighted by Gasteiger charge is 2.58. The first-order valence-corrected chi connectivity index (χ1v) is 18.3. The van der Waals surface area contributed by atoms with Crippen LogP contribution in [-0.2, 0) is 10.8 Å². The second kappa shape index (κ2) is 10.8. The summed E-state index contributed by atoms with van der Waals surface area (Å²) in [6.07, 6.45) is 4.93. The maximum atomic E-state index is 2.72. The summed E-state index contributed by atoms with van der Waals surface area (Å²) in [7, 11) is 0. The molecule has 1 heteroatoms. The Morgan fingerprint density at radius 3 is 1.88 bits per heavy atom. The van der Waals surface area contributed by atoms with E-state index in [0.717, 1.165) is 0 Å². The first-order chi connectivity index (χ1) is 24.5. The molecule has 2 atom stereocenters. The molecule has 242 valence electrons. The second-order valence-corrected chi connectivity index (χ2v) is 15.2. The van der Waals surface area contributed by atoms with E-state index in [2.05, 4.69) is 183 Å². The average molecular weight is 644 g/mol. The first kappa shape index (κ1) is 29.5. The first-order valence-electron chi connectivity index (χ1n) is 18.3. The molecule has 2 aliphatic carbocycles. The van der Waals surface area contributed by atoms with Gasteiger partial charge in [0.2, 0.25) is 0 Å². The third-order valence-corrected chi connectivity index (χ3v) is 12.9. The van der Waals surface area contributed by atoms with Crippen molar-refractivity contribution in [2.75, 3.05) is 4.90 Å². The molecule has 0 spiro atoms. The molecule has 1 fully saturated rings. The summed E-state index contributed by atoms with van der Waals surface area (Å²) in [6.45, 7) is 5.08. The minimum atomic E-state index is -0.374. The molecule has 1 nitrogen and oxygen atoms in total.